The number of anilines is 1. The Morgan fingerprint density at radius 2 is 1.56 bits per heavy atom. The number of ketones is 1. The van der Waals surface area contributed by atoms with Gasteiger partial charge in [0.05, 0.1) is 10.5 Å². The molecule has 0 aliphatic rings. The number of sulfonamides is 1. The predicted molar refractivity (Wildman–Crippen MR) is 127 cm³/mol. The van der Waals surface area contributed by atoms with Crippen molar-refractivity contribution in [1.82, 2.24) is 4.72 Å². The van der Waals surface area contributed by atoms with E-state index in [2.05, 4.69) is 10.0 Å². The number of nitrogens with one attached hydrogen (secondary N) is 2. The largest absolute Gasteiger partial charge is 0.444 e. The Kier molecular flexibility index (Phi) is 7.93. The zero-order valence-electron chi connectivity index (χ0n) is 18.6. The highest BCUT2D eigenvalue weighted by Crippen LogP contribution is 2.23. The molecule has 1 amide bonds. The average molecular weight is 481 g/mol. The summed E-state index contributed by atoms with van der Waals surface area (Å²) >= 11 is 0. The molecular formula is C25H24N2O6S. The molecule has 2 N–H and O–H groups in total. The van der Waals surface area contributed by atoms with E-state index in [1.165, 1.54) is 37.3 Å². The third-order valence-electron chi connectivity index (χ3n) is 4.84. The smallest absolute Gasteiger partial charge is 0.339 e. The average Bonchev–Trinajstić information content (AvgIpc) is 2.83. The van der Waals surface area contributed by atoms with Gasteiger partial charge < -0.3 is 10.1 Å². The lowest BCUT2D eigenvalue weighted by molar-refractivity contribution is -0.125. The zero-order valence-corrected chi connectivity index (χ0v) is 19.5. The number of ether oxygens (including phenoxy) is 1. The summed E-state index contributed by atoms with van der Waals surface area (Å²) < 4.78 is 32.1. The van der Waals surface area contributed by atoms with Gasteiger partial charge in [-0.05, 0) is 43.3 Å². The Hall–Kier alpha value is -3.82. The van der Waals surface area contributed by atoms with Crippen LogP contribution in [0.2, 0.25) is 0 Å². The zero-order chi connectivity index (χ0) is 24.7. The van der Waals surface area contributed by atoms with Crippen molar-refractivity contribution in [2.24, 2.45) is 0 Å². The van der Waals surface area contributed by atoms with Crippen LogP contribution in [0.15, 0.2) is 83.8 Å². The summed E-state index contributed by atoms with van der Waals surface area (Å²) in [4.78, 5) is 37.5. The molecule has 0 saturated heterocycles. The highest BCUT2D eigenvalue weighted by Gasteiger charge is 2.26. The Morgan fingerprint density at radius 1 is 0.882 bits per heavy atom. The number of carbonyl (C=O) groups excluding carboxylic acids is 3. The monoisotopic (exact) mass is 480 g/mol. The van der Waals surface area contributed by atoms with Gasteiger partial charge in [0, 0.05) is 23.4 Å². The van der Waals surface area contributed by atoms with Gasteiger partial charge in [0.15, 0.2) is 5.78 Å². The number of hydrogen-bond donors (Lipinski definition) is 2. The molecule has 0 fully saturated rings. The first-order chi connectivity index (χ1) is 16.2. The van der Waals surface area contributed by atoms with Crippen LogP contribution in [0.1, 0.15) is 46.2 Å². The number of hydrogen-bond acceptors (Lipinski definition) is 6. The molecule has 34 heavy (non-hydrogen) atoms. The summed E-state index contributed by atoms with van der Waals surface area (Å²) in [6.45, 7) is 3.31. The van der Waals surface area contributed by atoms with E-state index >= 15 is 0 Å². The molecule has 9 heteroatoms. The topological polar surface area (TPSA) is 119 Å². The standard InChI is InChI=1S/C25H24N2O6S/c1-3-26-34(31,32)22-14-12-19(13-15-22)25(30)33-23(18-8-5-4-6-9-18)24(29)27-21-11-7-10-20(16-21)17(2)28/h4-16,23,26H,3H2,1-2H3,(H,27,29). The summed E-state index contributed by atoms with van der Waals surface area (Å²) in [5.41, 5.74) is 1.34. The van der Waals surface area contributed by atoms with E-state index in [0.29, 0.717) is 16.8 Å². The Labute approximate surface area is 198 Å². The van der Waals surface area contributed by atoms with E-state index in [0.717, 1.165) is 0 Å². The predicted octanol–water partition coefficient (Wildman–Crippen LogP) is 3.72. The van der Waals surface area contributed by atoms with Crippen LogP contribution in [-0.4, -0.2) is 32.6 Å². The van der Waals surface area contributed by atoms with E-state index in [9.17, 15) is 22.8 Å². The van der Waals surface area contributed by atoms with Crippen LogP contribution in [0.25, 0.3) is 0 Å². The molecular weight excluding hydrogens is 456 g/mol. The van der Waals surface area contributed by atoms with Gasteiger partial charge in [-0.2, -0.15) is 0 Å². The van der Waals surface area contributed by atoms with Gasteiger partial charge >= 0.3 is 5.97 Å². The quantitative estimate of drug-likeness (QED) is 0.356. The van der Waals surface area contributed by atoms with Gasteiger partial charge in [0.1, 0.15) is 0 Å². The maximum Gasteiger partial charge on any atom is 0.339 e. The number of rotatable bonds is 9. The van der Waals surface area contributed by atoms with Crippen LogP contribution in [0, 0.1) is 0 Å². The molecule has 8 nitrogen and oxygen atoms in total. The van der Waals surface area contributed by atoms with Crippen LogP contribution in [-0.2, 0) is 19.6 Å². The van der Waals surface area contributed by atoms with Crippen LogP contribution in [0.5, 0.6) is 0 Å². The second kappa shape index (κ2) is 10.9. The second-order valence-electron chi connectivity index (χ2n) is 7.35. The Morgan fingerprint density at radius 3 is 2.18 bits per heavy atom. The van der Waals surface area contributed by atoms with Gasteiger partial charge in [-0.3, -0.25) is 9.59 Å². The van der Waals surface area contributed by atoms with Gasteiger partial charge in [0.25, 0.3) is 5.91 Å². The molecule has 0 radical (unpaired) electrons. The van der Waals surface area contributed by atoms with Gasteiger partial charge in [0.2, 0.25) is 16.1 Å². The Balaban J connectivity index is 1.83. The molecule has 0 heterocycles. The molecule has 0 saturated carbocycles. The minimum atomic E-state index is -3.67. The molecule has 0 aliphatic carbocycles. The summed E-state index contributed by atoms with van der Waals surface area (Å²) in [5.74, 6) is -1.55. The maximum absolute atomic E-state index is 13.1. The van der Waals surface area contributed by atoms with Crippen molar-refractivity contribution >= 4 is 33.4 Å². The van der Waals surface area contributed by atoms with Crippen molar-refractivity contribution in [3.8, 4) is 0 Å². The first kappa shape index (κ1) is 24.8. The van der Waals surface area contributed by atoms with Crippen LogP contribution < -0.4 is 10.0 Å². The molecule has 176 valence electrons. The molecule has 3 aromatic rings. The van der Waals surface area contributed by atoms with E-state index in [1.807, 2.05) is 0 Å². The first-order valence-corrected chi connectivity index (χ1v) is 12.0. The molecule has 0 spiro atoms. The normalized spacial score (nSPS) is 11.9. The van der Waals surface area contributed by atoms with Crippen molar-refractivity contribution in [2.75, 3.05) is 11.9 Å². The number of benzene rings is 3. The highest BCUT2D eigenvalue weighted by atomic mass is 32.2. The minimum absolute atomic E-state index is 0.00797. The molecule has 3 rings (SSSR count). The molecule has 0 bridgehead atoms. The summed E-state index contributed by atoms with van der Waals surface area (Å²) in [6, 6.07) is 20.1. The van der Waals surface area contributed by atoms with E-state index in [-0.39, 0.29) is 22.8 Å². The van der Waals surface area contributed by atoms with Crippen molar-refractivity contribution in [1.29, 1.82) is 0 Å². The maximum atomic E-state index is 13.1. The van der Waals surface area contributed by atoms with E-state index < -0.39 is 28.0 Å². The van der Waals surface area contributed by atoms with Crippen molar-refractivity contribution in [2.45, 2.75) is 24.8 Å². The summed E-state index contributed by atoms with van der Waals surface area (Å²) in [6.07, 6.45) is -1.28. The number of esters is 1. The molecule has 1 atom stereocenters. The van der Waals surface area contributed by atoms with Crippen molar-refractivity contribution in [3.63, 3.8) is 0 Å². The van der Waals surface area contributed by atoms with Gasteiger partial charge in [-0.1, -0.05) is 49.4 Å². The fourth-order valence-electron chi connectivity index (χ4n) is 3.14. The fraction of sp³-hybridized carbons (Fsp3) is 0.160. The van der Waals surface area contributed by atoms with Crippen LogP contribution in [0.4, 0.5) is 5.69 Å². The fourth-order valence-corrected chi connectivity index (χ4v) is 4.18. The lowest BCUT2D eigenvalue weighted by Crippen LogP contribution is -2.26. The number of carbonyl (C=O) groups is 3. The summed E-state index contributed by atoms with van der Waals surface area (Å²) in [7, 11) is -3.67. The molecule has 0 aliphatic heterocycles. The third-order valence-corrected chi connectivity index (χ3v) is 6.40. The highest BCUT2D eigenvalue weighted by molar-refractivity contribution is 7.89. The SMILES string of the molecule is CCNS(=O)(=O)c1ccc(C(=O)OC(C(=O)Nc2cccc(C(C)=O)c2)c2ccccc2)cc1. The van der Waals surface area contributed by atoms with Crippen LogP contribution in [0.3, 0.4) is 0 Å². The molecule has 0 aromatic heterocycles. The number of Topliss-reactive ketones (excluding diaryl/α,β-unsaturated/α-hetero) is 1. The molecule has 1 unspecified atom stereocenters. The summed E-state index contributed by atoms with van der Waals surface area (Å²) in [5, 5.41) is 2.68. The molecule has 3 aromatic carbocycles. The first-order valence-electron chi connectivity index (χ1n) is 10.5. The van der Waals surface area contributed by atoms with E-state index in [4.69, 9.17) is 4.74 Å². The van der Waals surface area contributed by atoms with Gasteiger partial charge in [-0.15, -0.1) is 0 Å². The number of amides is 1. The van der Waals surface area contributed by atoms with Gasteiger partial charge in [-0.25, -0.2) is 17.9 Å². The van der Waals surface area contributed by atoms with E-state index in [1.54, 1.807) is 55.5 Å². The lowest BCUT2D eigenvalue weighted by atomic mass is 10.1. The van der Waals surface area contributed by atoms with Crippen molar-refractivity contribution in [3.05, 3.63) is 95.6 Å². The second-order valence-corrected chi connectivity index (χ2v) is 9.11. The van der Waals surface area contributed by atoms with Crippen LogP contribution >= 0.6 is 0 Å². The van der Waals surface area contributed by atoms with Crippen molar-refractivity contribution < 1.29 is 27.5 Å². The Bertz CT molecular complexity index is 1290. The third kappa shape index (κ3) is 6.15. The minimum Gasteiger partial charge on any atom is -0.444 e. The lowest BCUT2D eigenvalue weighted by Gasteiger charge is -2.18.